The van der Waals surface area contributed by atoms with E-state index in [0.717, 1.165) is 6.42 Å². The minimum Gasteiger partial charge on any atom is -0.478 e. The van der Waals surface area contributed by atoms with Gasteiger partial charge in [-0.1, -0.05) is 24.6 Å². The Balaban J connectivity index is 3.18. The molecule has 0 unspecified atom stereocenters. The van der Waals surface area contributed by atoms with Crippen LogP contribution in [0.2, 0.25) is 5.02 Å². The van der Waals surface area contributed by atoms with Gasteiger partial charge in [-0.3, -0.25) is 4.79 Å². The highest BCUT2D eigenvalue weighted by Crippen LogP contribution is 2.27. The molecule has 0 heterocycles. The zero-order valence-electron chi connectivity index (χ0n) is 11.9. The number of anilines is 1. The Hall–Kier alpha value is -1.75. The largest absolute Gasteiger partial charge is 0.478 e. The molecule has 0 radical (unpaired) electrons. The van der Waals surface area contributed by atoms with E-state index in [1.54, 1.807) is 31.1 Å². The molecule has 0 bridgehead atoms. The number of halogens is 1. The number of amides is 1. The lowest BCUT2D eigenvalue weighted by Crippen LogP contribution is -2.37. The molecule has 1 aromatic carbocycles. The number of carboxylic acids is 1. The monoisotopic (exact) mass is 298 g/mol. The number of hydrogen-bond donors (Lipinski definition) is 1. The molecular formula is C14H19ClN2O3. The number of likely N-dealkylation sites (N-methyl/N-ethyl adjacent to an activating group) is 1. The minimum absolute atomic E-state index is 0.0363. The Morgan fingerprint density at radius 3 is 2.45 bits per heavy atom. The van der Waals surface area contributed by atoms with E-state index >= 15 is 0 Å². The van der Waals surface area contributed by atoms with Gasteiger partial charge >= 0.3 is 5.97 Å². The van der Waals surface area contributed by atoms with Crippen molar-refractivity contribution in [2.24, 2.45) is 0 Å². The fourth-order valence-electron chi connectivity index (χ4n) is 1.85. The summed E-state index contributed by atoms with van der Waals surface area (Å²) in [5.74, 6) is -1.18. The summed E-state index contributed by atoms with van der Waals surface area (Å²) < 4.78 is 0. The van der Waals surface area contributed by atoms with Gasteiger partial charge in [0.05, 0.1) is 17.3 Å². The van der Waals surface area contributed by atoms with E-state index in [2.05, 4.69) is 0 Å². The van der Waals surface area contributed by atoms with Crippen LogP contribution in [0.25, 0.3) is 0 Å². The van der Waals surface area contributed by atoms with Crippen LogP contribution in [0.15, 0.2) is 18.2 Å². The maximum absolute atomic E-state index is 11.9. The summed E-state index contributed by atoms with van der Waals surface area (Å²) in [5, 5.41) is 9.47. The number of benzene rings is 1. The summed E-state index contributed by atoms with van der Waals surface area (Å²) in [7, 11) is 3.34. The third-order valence-corrected chi connectivity index (χ3v) is 3.18. The molecule has 0 aliphatic rings. The van der Waals surface area contributed by atoms with Crippen LogP contribution in [-0.4, -0.2) is 49.1 Å². The standard InChI is InChI=1S/C14H19ClN2O3/c1-4-8-17(9-12(18)16(2)3)11-7-5-6-10(15)13(11)14(19)20/h5-7H,4,8-9H2,1-3H3,(H,19,20). The van der Waals surface area contributed by atoms with Crippen LogP contribution in [0.4, 0.5) is 5.69 Å². The number of hydrogen-bond acceptors (Lipinski definition) is 3. The van der Waals surface area contributed by atoms with Gasteiger partial charge in [0.2, 0.25) is 5.91 Å². The third kappa shape index (κ3) is 3.87. The molecule has 0 saturated heterocycles. The van der Waals surface area contributed by atoms with Crippen molar-refractivity contribution in [3.05, 3.63) is 28.8 Å². The predicted molar refractivity (Wildman–Crippen MR) is 79.6 cm³/mol. The van der Waals surface area contributed by atoms with Gasteiger partial charge in [0.25, 0.3) is 0 Å². The average molecular weight is 299 g/mol. The average Bonchev–Trinajstić information content (AvgIpc) is 2.37. The van der Waals surface area contributed by atoms with Crippen LogP contribution >= 0.6 is 11.6 Å². The SMILES string of the molecule is CCCN(CC(=O)N(C)C)c1cccc(Cl)c1C(=O)O. The van der Waals surface area contributed by atoms with Crippen molar-refractivity contribution >= 4 is 29.2 Å². The Labute approximate surface area is 123 Å². The zero-order chi connectivity index (χ0) is 15.3. The molecule has 1 amide bonds. The van der Waals surface area contributed by atoms with Gasteiger partial charge in [-0.2, -0.15) is 0 Å². The second kappa shape index (κ2) is 7.14. The van der Waals surface area contributed by atoms with Gasteiger partial charge in [0.15, 0.2) is 0 Å². The molecule has 0 atom stereocenters. The van der Waals surface area contributed by atoms with E-state index in [4.69, 9.17) is 11.6 Å². The molecule has 0 spiro atoms. The van der Waals surface area contributed by atoms with E-state index in [1.165, 1.54) is 11.0 Å². The van der Waals surface area contributed by atoms with Crippen molar-refractivity contribution in [2.45, 2.75) is 13.3 Å². The molecule has 5 nitrogen and oxygen atoms in total. The minimum atomic E-state index is -1.09. The molecule has 1 aromatic rings. The number of carboxylic acid groups (broad SMARTS) is 1. The zero-order valence-corrected chi connectivity index (χ0v) is 12.6. The summed E-state index contributed by atoms with van der Waals surface area (Å²) >= 11 is 5.96. The molecule has 1 rings (SSSR count). The number of carbonyl (C=O) groups is 2. The highest BCUT2D eigenvalue weighted by molar-refractivity contribution is 6.34. The second-order valence-electron chi connectivity index (χ2n) is 4.65. The van der Waals surface area contributed by atoms with E-state index in [0.29, 0.717) is 12.2 Å². The fraction of sp³-hybridized carbons (Fsp3) is 0.429. The molecule has 20 heavy (non-hydrogen) atoms. The number of nitrogens with zero attached hydrogens (tertiary/aromatic N) is 2. The first-order chi connectivity index (χ1) is 9.38. The number of aromatic carboxylic acids is 1. The number of rotatable bonds is 6. The third-order valence-electron chi connectivity index (χ3n) is 2.86. The van der Waals surface area contributed by atoms with Gasteiger partial charge in [-0.05, 0) is 18.6 Å². The first-order valence-electron chi connectivity index (χ1n) is 6.35. The van der Waals surface area contributed by atoms with Gasteiger partial charge < -0.3 is 14.9 Å². The first kappa shape index (κ1) is 16.3. The lowest BCUT2D eigenvalue weighted by atomic mass is 10.1. The highest BCUT2D eigenvalue weighted by atomic mass is 35.5. The topological polar surface area (TPSA) is 60.9 Å². The van der Waals surface area contributed by atoms with Crippen molar-refractivity contribution in [1.82, 2.24) is 4.90 Å². The van der Waals surface area contributed by atoms with Gasteiger partial charge in [0.1, 0.15) is 5.56 Å². The van der Waals surface area contributed by atoms with Crippen LogP contribution < -0.4 is 4.90 Å². The van der Waals surface area contributed by atoms with E-state index in [9.17, 15) is 14.7 Å². The van der Waals surface area contributed by atoms with Crippen LogP contribution in [0.3, 0.4) is 0 Å². The van der Waals surface area contributed by atoms with Gasteiger partial charge in [-0.15, -0.1) is 0 Å². The van der Waals surface area contributed by atoms with E-state index < -0.39 is 5.97 Å². The van der Waals surface area contributed by atoms with Crippen LogP contribution in [-0.2, 0) is 4.79 Å². The molecule has 1 N–H and O–H groups in total. The summed E-state index contributed by atoms with van der Waals surface area (Å²) in [6, 6.07) is 4.90. The molecule has 6 heteroatoms. The molecule has 0 saturated carbocycles. The van der Waals surface area contributed by atoms with Crippen molar-refractivity contribution in [3.63, 3.8) is 0 Å². The van der Waals surface area contributed by atoms with Crippen LogP contribution in [0, 0.1) is 0 Å². The molecule has 0 aliphatic heterocycles. The lowest BCUT2D eigenvalue weighted by Gasteiger charge is -2.26. The molecule has 110 valence electrons. The summed E-state index contributed by atoms with van der Waals surface area (Å²) in [6.07, 6.45) is 0.798. The van der Waals surface area contributed by atoms with Crippen molar-refractivity contribution < 1.29 is 14.7 Å². The molecular weight excluding hydrogens is 280 g/mol. The van der Waals surface area contributed by atoms with Crippen molar-refractivity contribution in [2.75, 3.05) is 32.1 Å². The lowest BCUT2D eigenvalue weighted by molar-refractivity contribution is -0.127. The van der Waals surface area contributed by atoms with E-state index in [-0.39, 0.29) is 23.0 Å². The van der Waals surface area contributed by atoms with Crippen molar-refractivity contribution in [3.8, 4) is 0 Å². The second-order valence-corrected chi connectivity index (χ2v) is 5.06. The smallest absolute Gasteiger partial charge is 0.339 e. The van der Waals surface area contributed by atoms with Gasteiger partial charge in [0, 0.05) is 20.6 Å². The number of carbonyl (C=O) groups excluding carboxylic acids is 1. The molecule has 0 aliphatic carbocycles. The summed E-state index contributed by atoms with van der Waals surface area (Å²) in [5.41, 5.74) is 0.510. The predicted octanol–water partition coefficient (Wildman–Crippen LogP) is 2.34. The van der Waals surface area contributed by atoms with Crippen molar-refractivity contribution in [1.29, 1.82) is 0 Å². The fourth-order valence-corrected chi connectivity index (χ4v) is 2.10. The Kier molecular flexibility index (Phi) is 5.82. The maximum atomic E-state index is 11.9. The van der Waals surface area contributed by atoms with E-state index in [1.807, 2.05) is 6.92 Å². The summed E-state index contributed by atoms with van der Waals surface area (Å²) in [4.78, 5) is 26.5. The quantitative estimate of drug-likeness (QED) is 0.876. The van der Waals surface area contributed by atoms with Crippen LogP contribution in [0.1, 0.15) is 23.7 Å². The molecule has 0 aromatic heterocycles. The maximum Gasteiger partial charge on any atom is 0.339 e. The molecule has 0 fully saturated rings. The Morgan fingerprint density at radius 1 is 1.30 bits per heavy atom. The highest BCUT2D eigenvalue weighted by Gasteiger charge is 2.21. The normalized spacial score (nSPS) is 10.2. The Bertz CT molecular complexity index is 503. The Morgan fingerprint density at radius 2 is 1.95 bits per heavy atom. The van der Waals surface area contributed by atoms with Gasteiger partial charge in [-0.25, -0.2) is 4.79 Å². The summed E-state index contributed by atoms with van der Waals surface area (Å²) in [6.45, 7) is 2.68. The van der Waals surface area contributed by atoms with Crippen LogP contribution in [0.5, 0.6) is 0 Å². The first-order valence-corrected chi connectivity index (χ1v) is 6.73.